The number of anilines is 2. The molecule has 0 radical (unpaired) electrons. The van der Waals surface area contributed by atoms with Crippen LogP contribution in [0.1, 0.15) is 12.8 Å². The molecule has 1 rings (SSSR count). The molecule has 4 N–H and O–H groups in total. The van der Waals surface area contributed by atoms with Crippen LogP contribution in [0.5, 0.6) is 0 Å². The molecule has 78 valence electrons. The SMILES string of the molecule is Nc1cc(Cl)nc(NCCCCO)c1. The highest BCUT2D eigenvalue weighted by molar-refractivity contribution is 6.29. The summed E-state index contributed by atoms with van der Waals surface area (Å²) < 4.78 is 0. The Bertz CT molecular complexity index is 273. The average Bonchev–Trinajstić information content (AvgIpc) is 2.11. The summed E-state index contributed by atoms with van der Waals surface area (Å²) in [5.41, 5.74) is 6.18. The van der Waals surface area contributed by atoms with Gasteiger partial charge in [0.15, 0.2) is 0 Å². The molecule has 0 atom stereocenters. The van der Waals surface area contributed by atoms with Crippen LogP contribution in [0.3, 0.4) is 0 Å². The molecule has 0 spiro atoms. The third kappa shape index (κ3) is 3.81. The molecule has 0 aliphatic rings. The number of rotatable bonds is 5. The normalized spacial score (nSPS) is 10.1. The molecule has 0 aliphatic heterocycles. The summed E-state index contributed by atoms with van der Waals surface area (Å²) in [4.78, 5) is 4.04. The lowest BCUT2D eigenvalue weighted by Gasteiger charge is -2.05. The third-order valence-electron chi connectivity index (χ3n) is 1.71. The zero-order chi connectivity index (χ0) is 10.4. The van der Waals surface area contributed by atoms with E-state index in [1.54, 1.807) is 12.1 Å². The number of halogens is 1. The van der Waals surface area contributed by atoms with Gasteiger partial charge in [0.1, 0.15) is 11.0 Å². The molecule has 0 amide bonds. The smallest absolute Gasteiger partial charge is 0.133 e. The number of unbranched alkanes of at least 4 members (excludes halogenated alkanes) is 1. The molecular weight excluding hydrogens is 202 g/mol. The Kier molecular flexibility index (Phi) is 4.49. The standard InChI is InChI=1S/C9H14ClN3O/c10-8-5-7(11)6-9(13-8)12-3-1-2-4-14/h5-6,14H,1-4H2,(H3,11,12,13). The molecule has 0 fully saturated rings. The first kappa shape index (κ1) is 11.1. The van der Waals surface area contributed by atoms with Crippen LogP contribution in [0.4, 0.5) is 11.5 Å². The van der Waals surface area contributed by atoms with E-state index in [4.69, 9.17) is 22.4 Å². The zero-order valence-electron chi connectivity index (χ0n) is 7.83. The highest BCUT2D eigenvalue weighted by Gasteiger charge is 1.97. The summed E-state index contributed by atoms with van der Waals surface area (Å²) in [6.07, 6.45) is 1.67. The summed E-state index contributed by atoms with van der Waals surface area (Å²) in [6.45, 7) is 0.972. The summed E-state index contributed by atoms with van der Waals surface area (Å²) in [6, 6.07) is 3.32. The topological polar surface area (TPSA) is 71.2 Å². The van der Waals surface area contributed by atoms with E-state index in [9.17, 15) is 0 Å². The van der Waals surface area contributed by atoms with Gasteiger partial charge in [0, 0.05) is 24.9 Å². The highest BCUT2D eigenvalue weighted by atomic mass is 35.5. The van der Waals surface area contributed by atoms with E-state index >= 15 is 0 Å². The maximum Gasteiger partial charge on any atom is 0.133 e. The van der Waals surface area contributed by atoms with E-state index in [1.165, 1.54) is 0 Å². The first-order valence-electron chi connectivity index (χ1n) is 4.50. The van der Waals surface area contributed by atoms with Crippen molar-refractivity contribution in [2.75, 3.05) is 24.2 Å². The predicted octanol–water partition coefficient (Wildman–Crippen LogP) is 1.50. The molecule has 0 aliphatic carbocycles. The second-order valence-corrected chi connectivity index (χ2v) is 3.35. The molecule has 1 aromatic heterocycles. The van der Waals surface area contributed by atoms with Gasteiger partial charge in [0.2, 0.25) is 0 Å². The Morgan fingerprint density at radius 3 is 2.86 bits per heavy atom. The van der Waals surface area contributed by atoms with Gasteiger partial charge in [0.05, 0.1) is 0 Å². The number of pyridine rings is 1. The van der Waals surface area contributed by atoms with Crippen molar-refractivity contribution in [2.24, 2.45) is 0 Å². The van der Waals surface area contributed by atoms with Gasteiger partial charge in [-0.15, -0.1) is 0 Å². The van der Waals surface area contributed by atoms with E-state index in [1.807, 2.05) is 0 Å². The van der Waals surface area contributed by atoms with Crippen molar-refractivity contribution in [1.82, 2.24) is 4.98 Å². The molecule has 1 aromatic rings. The van der Waals surface area contributed by atoms with E-state index in [2.05, 4.69) is 10.3 Å². The Labute approximate surface area is 88.1 Å². The number of nitrogen functional groups attached to an aromatic ring is 1. The maximum absolute atomic E-state index is 8.57. The van der Waals surface area contributed by atoms with Crippen molar-refractivity contribution in [1.29, 1.82) is 0 Å². The van der Waals surface area contributed by atoms with Gasteiger partial charge in [-0.05, 0) is 18.9 Å². The summed E-state index contributed by atoms with van der Waals surface area (Å²) >= 11 is 5.72. The Hall–Kier alpha value is -1.00. The largest absolute Gasteiger partial charge is 0.399 e. The molecule has 1 heterocycles. The Morgan fingerprint density at radius 2 is 2.21 bits per heavy atom. The summed E-state index contributed by atoms with van der Waals surface area (Å²) in [5.74, 6) is 0.674. The van der Waals surface area contributed by atoms with E-state index in [0.717, 1.165) is 19.4 Å². The van der Waals surface area contributed by atoms with Gasteiger partial charge in [-0.3, -0.25) is 0 Å². The van der Waals surface area contributed by atoms with Crippen LogP contribution in [-0.4, -0.2) is 23.2 Å². The second-order valence-electron chi connectivity index (χ2n) is 2.97. The van der Waals surface area contributed by atoms with Crippen LogP contribution in [0.15, 0.2) is 12.1 Å². The van der Waals surface area contributed by atoms with Crippen LogP contribution < -0.4 is 11.1 Å². The number of aromatic nitrogens is 1. The quantitative estimate of drug-likeness (QED) is 0.514. The monoisotopic (exact) mass is 215 g/mol. The van der Waals surface area contributed by atoms with Crippen molar-refractivity contribution >= 4 is 23.1 Å². The van der Waals surface area contributed by atoms with Crippen molar-refractivity contribution in [2.45, 2.75) is 12.8 Å². The molecule has 14 heavy (non-hydrogen) atoms. The second kappa shape index (κ2) is 5.67. The summed E-state index contributed by atoms with van der Waals surface area (Å²) in [5, 5.41) is 12.0. The third-order valence-corrected chi connectivity index (χ3v) is 1.90. The molecule has 0 saturated carbocycles. The lowest BCUT2D eigenvalue weighted by molar-refractivity contribution is 0.286. The Balaban J connectivity index is 2.42. The minimum Gasteiger partial charge on any atom is -0.399 e. The van der Waals surface area contributed by atoms with Crippen LogP contribution >= 0.6 is 11.6 Å². The first-order valence-corrected chi connectivity index (χ1v) is 4.88. The lowest BCUT2D eigenvalue weighted by atomic mass is 10.3. The molecule has 0 bridgehead atoms. The number of hydrogen-bond acceptors (Lipinski definition) is 4. The lowest BCUT2D eigenvalue weighted by Crippen LogP contribution is -2.04. The molecule has 0 aromatic carbocycles. The van der Waals surface area contributed by atoms with Crippen LogP contribution in [-0.2, 0) is 0 Å². The van der Waals surface area contributed by atoms with Crippen molar-refractivity contribution < 1.29 is 5.11 Å². The number of aliphatic hydroxyl groups excluding tert-OH is 1. The van der Waals surface area contributed by atoms with E-state index < -0.39 is 0 Å². The Morgan fingerprint density at radius 1 is 1.43 bits per heavy atom. The average molecular weight is 216 g/mol. The number of nitrogens with two attached hydrogens (primary N) is 1. The van der Waals surface area contributed by atoms with E-state index in [-0.39, 0.29) is 6.61 Å². The molecule has 5 heteroatoms. The number of aliphatic hydroxyl groups is 1. The zero-order valence-corrected chi connectivity index (χ0v) is 8.59. The highest BCUT2D eigenvalue weighted by Crippen LogP contribution is 2.15. The van der Waals surface area contributed by atoms with Crippen LogP contribution in [0.2, 0.25) is 5.15 Å². The van der Waals surface area contributed by atoms with Crippen LogP contribution in [0, 0.1) is 0 Å². The van der Waals surface area contributed by atoms with Gasteiger partial charge in [-0.1, -0.05) is 11.6 Å². The number of nitrogens with one attached hydrogen (secondary N) is 1. The molecule has 4 nitrogen and oxygen atoms in total. The van der Waals surface area contributed by atoms with Gasteiger partial charge in [-0.25, -0.2) is 4.98 Å². The molecular formula is C9H14ClN3O. The first-order chi connectivity index (χ1) is 6.72. The molecule has 0 saturated heterocycles. The fourth-order valence-electron chi connectivity index (χ4n) is 1.06. The number of nitrogens with zero attached hydrogens (tertiary/aromatic N) is 1. The van der Waals surface area contributed by atoms with Crippen LogP contribution in [0.25, 0.3) is 0 Å². The van der Waals surface area contributed by atoms with Gasteiger partial charge < -0.3 is 16.2 Å². The van der Waals surface area contributed by atoms with Gasteiger partial charge >= 0.3 is 0 Å². The fraction of sp³-hybridized carbons (Fsp3) is 0.444. The van der Waals surface area contributed by atoms with Gasteiger partial charge in [-0.2, -0.15) is 0 Å². The van der Waals surface area contributed by atoms with Gasteiger partial charge in [0.25, 0.3) is 0 Å². The number of hydrogen-bond donors (Lipinski definition) is 3. The minimum absolute atomic E-state index is 0.215. The summed E-state index contributed by atoms with van der Waals surface area (Å²) in [7, 11) is 0. The van der Waals surface area contributed by atoms with E-state index in [0.29, 0.717) is 16.7 Å². The predicted molar refractivity (Wildman–Crippen MR) is 58.5 cm³/mol. The molecule has 0 unspecified atom stereocenters. The van der Waals surface area contributed by atoms with Crippen molar-refractivity contribution in [3.63, 3.8) is 0 Å². The maximum atomic E-state index is 8.57. The van der Waals surface area contributed by atoms with Crippen molar-refractivity contribution in [3.05, 3.63) is 17.3 Å². The van der Waals surface area contributed by atoms with Crippen molar-refractivity contribution in [3.8, 4) is 0 Å². The minimum atomic E-state index is 0.215. The fourth-order valence-corrected chi connectivity index (χ4v) is 1.28.